The van der Waals surface area contributed by atoms with Gasteiger partial charge < -0.3 is 20.5 Å². The molecule has 1 aromatic rings. The van der Waals surface area contributed by atoms with Crippen molar-refractivity contribution in [3.63, 3.8) is 0 Å². The van der Waals surface area contributed by atoms with Crippen molar-refractivity contribution in [1.29, 1.82) is 0 Å². The topological polar surface area (TPSA) is 53.5 Å². The van der Waals surface area contributed by atoms with E-state index in [1.54, 1.807) is 0 Å². The first-order chi connectivity index (χ1) is 9.27. The monoisotopic (exact) mass is 358 g/mol. The fraction of sp³-hybridized carbons (Fsp3) is 0.571. The van der Waals surface area contributed by atoms with Crippen LogP contribution in [0.1, 0.15) is 18.9 Å². The molecule has 0 bridgehead atoms. The molecule has 0 aliphatic rings. The Morgan fingerprint density at radius 2 is 1.86 bits per heavy atom. The molecule has 0 aromatic heterocycles. The molecule has 1 aromatic carbocycles. The van der Waals surface area contributed by atoms with Crippen LogP contribution in [0.3, 0.4) is 0 Å². The minimum absolute atomic E-state index is 0. The molecule has 3 N–H and O–H groups in total. The Morgan fingerprint density at radius 3 is 2.48 bits per heavy atom. The number of benzene rings is 1. The molecule has 0 saturated carbocycles. The largest absolute Gasteiger partial charge is 0.492 e. The van der Waals surface area contributed by atoms with Gasteiger partial charge in [0.15, 0.2) is 0 Å². The van der Waals surface area contributed by atoms with Crippen LogP contribution in [0.25, 0.3) is 0 Å². The van der Waals surface area contributed by atoms with E-state index in [1.807, 2.05) is 25.1 Å². The van der Waals surface area contributed by atoms with E-state index in [2.05, 4.69) is 10.6 Å². The predicted molar refractivity (Wildman–Crippen MR) is 93.4 cm³/mol. The zero-order valence-electron chi connectivity index (χ0n) is 12.2. The Balaban J connectivity index is 0. The molecule has 0 amide bonds. The third-order valence-electron chi connectivity index (χ3n) is 2.62. The maximum absolute atomic E-state index is 8.60. The van der Waals surface area contributed by atoms with Gasteiger partial charge in [0.05, 0.1) is 18.2 Å². The molecule has 0 heterocycles. The van der Waals surface area contributed by atoms with Crippen LogP contribution < -0.4 is 15.4 Å². The van der Waals surface area contributed by atoms with Crippen LogP contribution in [-0.4, -0.2) is 38.0 Å². The smallest absolute Gasteiger partial charge is 0.137 e. The van der Waals surface area contributed by atoms with Crippen LogP contribution in [-0.2, 0) is 6.54 Å². The molecule has 124 valence electrons. The fourth-order valence-corrected chi connectivity index (χ4v) is 1.96. The molecule has 0 aliphatic carbocycles. The third-order valence-corrected chi connectivity index (χ3v) is 2.92. The number of halogens is 3. The van der Waals surface area contributed by atoms with Crippen LogP contribution >= 0.6 is 36.4 Å². The molecule has 4 nitrogen and oxygen atoms in total. The lowest BCUT2D eigenvalue weighted by Gasteiger charge is -2.09. The first-order valence-corrected chi connectivity index (χ1v) is 7.09. The highest BCUT2D eigenvalue weighted by molar-refractivity contribution is 6.32. The fourth-order valence-electron chi connectivity index (χ4n) is 1.70. The third kappa shape index (κ3) is 10.2. The SMILES string of the molecule is CCOc1ccc(CNCCCNCCO)cc1Cl.Cl.Cl. The zero-order chi connectivity index (χ0) is 13.9. The van der Waals surface area contributed by atoms with Crippen molar-refractivity contribution < 1.29 is 9.84 Å². The Bertz CT molecular complexity index is 368. The number of nitrogens with one attached hydrogen (secondary N) is 2. The lowest BCUT2D eigenvalue weighted by Crippen LogP contribution is -2.23. The summed E-state index contributed by atoms with van der Waals surface area (Å²) in [6, 6.07) is 5.86. The van der Waals surface area contributed by atoms with Crippen LogP contribution in [0, 0.1) is 0 Å². The molecule has 1 rings (SSSR count). The van der Waals surface area contributed by atoms with Crippen molar-refractivity contribution in [3.8, 4) is 5.75 Å². The first-order valence-electron chi connectivity index (χ1n) is 6.71. The average Bonchev–Trinajstić information content (AvgIpc) is 2.41. The second kappa shape index (κ2) is 14.7. The van der Waals surface area contributed by atoms with Crippen molar-refractivity contribution in [3.05, 3.63) is 28.8 Å². The van der Waals surface area contributed by atoms with E-state index < -0.39 is 0 Å². The van der Waals surface area contributed by atoms with Crippen molar-refractivity contribution in [1.82, 2.24) is 10.6 Å². The highest BCUT2D eigenvalue weighted by atomic mass is 35.5. The quantitative estimate of drug-likeness (QED) is 0.562. The van der Waals surface area contributed by atoms with Gasteiger partial charge in [0.25, 0.3) is 0 Å². The number of aliphatic hydroxyl groups is 1. The Kier molecular flexibility index (Phi) is 16.1. The molecule has 0 atom stereocenters. The van der Waals surface area contributed by atoms with Gasteiger partial charge in [0.2, 0.25) is 0 Å². The molecule has 7 heteroatoms. The molecular weight excluding hydrogens is 335 g/mol. The summed E-state index contributed by atoms with van der Waals surface area (Å²) in [4.78, 5) is 0. The summed E-state index contributed by atoms with van der Waals surface area (Å²) in [6.07, 6.45) is 1.03. The Hall–Kier alpha value is -0.230. The van der Waals surface area contributed by atoms with Gasteiger partial charge in [-0.1, -0.05) is 17.7 Å². The molecule has 21 heavy (non-hydrogen) atoms. The van der Waals surface area contributed by atoms with Gasteiger partial charge in [-0.15, -0.1) is 24.8 Å². The highest BCUT2D eigenvalue weighted by Crippen LogP contribution is 2.25. The van der Waals surface area contributed by atoms with E-state index in [0.717, 1.165) is 37.4 Å². The van der Waals surface area contributed by atoms with Crippen molar-refractivity contribution in [2.75, 3.05) is 32.8 Å². The van der Waals surface area contributed by atoms with Gasteiger partial charge in [-0.25, -0.2) is 0 Å². The lowest BCUT2D eigenvalue weighted by atomic mass is 10.2. The average molecular weight is 360 g/mol. The van der Waals surface area contributed by atoms with Gasteiger partial charge in [0.1, 0.15) is 5.75 Å². The summed E-state index contributed by atoms with van der Waals surface area (Å²) in [6.45, 7) is 6.06. The number of aliphatic hydroxyl groups excluding tert-OH is 1. The van der Waals surface area contributed by atoms with Crippen LogP contribution in [0.4, 0.5) is 0 Å². The first kappa shape index (κ1) is 23.0. The molecule has 0 aliphatic heterocycles. The second-order valence-electron chi connectivity index (χ2n) is 4.20. The van der Waals surface area contributed by atoms with Crippen LogP contribution in [0.15, 0.2) is 18.2 Å². The van der Waals surface area contributed by atoms with E-state index in [1.165, 1.54) is 0 Å². The highest BCUT2D eigenvalue weighted by Gasteiger charge is 2.02. The second-order valence-corrected chi connectivity index (χ2v) is 4.61. The summed E-state index contributed by atoms with van der Waals surface area (Å²) >= 11 is 6.12. The number of hydrogen-bond acceptors (Lipinski definition) is 4. The van der Waals surface area contributed by atoms with E-state index >= 15 is 0 Å². The van der Waals surface area contributed by atoms with Crippen molar-refractivity contribution in [2.24, 2.45) is 0 Å². The van der Waals surface area contributed by atoms with Gasteiger partial charge in [0, 0.05) is 13.1 Å². The molecule has 0 saturated heterocycles. The molecular formula is C14H25Cl3N2O2. The Labute approximate surface area is 144 Å². The summed E-state index contributed by atoms with van der Waals surface area (Å²) < 4.78 is 5.39. The minimum atomic E-state index is 0. The number of ether oxygens (including phenoxy) is 1. The van der Waals surface area contributed by atoms with E-state index in [-0.39, 0.29) is 31.4 Å². The minimum Gasteiger partial charge on any atom is -0.492 e. The van der Waals surface area contributed by atoms with Crippen molar-refractivity contribution >= 4 is 36.4 Å². The molecule has 0 radical (unpaired) electrons. The summed E-state index contributed by atoms with van der Waals surface area (Å²) in [7, 11) is 0. The summed E-state index contributed by atoms with van der Waals surface area (Å²) in [5, 5.41) is 15.8. The van der Waals surface area contributed by atoms with Crippen LogP contribution in [0.5, 0.6) is 5.75 Å². The maximum Gasteiger partial charge on any atom is 0.137 e. The van der Waals surface area contributed by atoms with Gasteiger partial charge in [-0.2, -0.15) is 0 Å². The molecule has 0 unspecified atom stereocenters. The van der Waals surface area contributed by atoms with Gasteiger partial charge in [-0.3, -0.25) is 0 Å². The zero-order valence-corrected chi connectivity index (χ0v) is 14.6. The number of hydrogen-bond donors (Lipinski definition) is 3. The Morgan fingerprint density at radius 1 is 1.14 bits per heavy atom. The summed E-state index contributed by atoms with van der Waals surface area (Å²) in [5.74, 6) is 0.737. The van der Waals surface area contributed by atoms with Gasteiger partial charge in [-0.05, 0) is 44.1 Å². The van der Waals surface area contributed by atoms with Gasteiger partial charge >= 0.3 is 0 Å². The summed E-state index contributed by atoms with van der Waals surface area (Å²) in [5.41, 5.74) is 1.15. The van der Waals surface area contributed by atoms with Crippen molar-refractivity contribution in [2.45, 2.75) is 19.9 Å². The number of rotatable bonds is 10. The standard InChI is InChI=1S/C14H23ClN2O2.2ClH/c1-2-19-14-5-4-12(10-13(14)15)11-17-7-3-6-16-8-9-18;;/h4-5,10,16-18H,2-3,6-9,11H2,1H3;2*1H. The lowest BCUT2D eigenvalue weighted by molar-refractivity contribution is 0.292. The normalized spacial score (nSPS) is 9.67. The molecule has 0 fully saturated rings. The maximum atomic E-state index is 8.60. The predicted octanol–water partition coefficient (Wildman–Crippen LogP) is 2.64. The van der Waals surface area contributed by atoms with E-state index in [0.29, 0.717) is 18.2 Å². The van der Waals surface area contributed by atoms with E-state index in [9.17, 15) is 0 Å². The molecule has 0 spiro atoms. The van der Waals surface area contributed by atoms with Crippen LogP contribution in [0.2, 0.25) is 5.02 Å². The van der Waals surface area contributed by atoms with E-state index in [4.69, 9.17) is 21.4 Å².